The van der Waals surface area contributed by atoms with Crippen molar-refractivity contribution in [1.29, 1.82) is 0 Å². The van der Waals surface area contributed by atoms with E-state index in [0.29, 0.717) is 27.9 Å². The Hall–Kier alpha value is -2.17. The molecule has 0 aliphatic carbocycles. The van der Waals surface area contributed by atoms with Gasteiger partial charge >= 0.3 is 0 Å². The lowest BCUT2D eigenvalue weighted by molar-refractivity contribution is 0.439. The summed E-state index contributed by atoms with van der Waals surface area (Å²) in [4.78, 5) is 7.87. The van der Waals surface area contributed by atoms with Crippen LogP contribution >= 0.6 is 23.8 Å². The van der Waals surface area contributed by atoms with E-state index in [0.717, 1.165) is 28.3 Å². The van der Waals surface area contributed by atoms with Crippen molar-refractivity contribution in [3.63, 3.8) is 0 Å². The summed E-state index contributed by atoms with van der Waals surface area (Å²) in [7, 11) is 0. The van der Waals surface area contributed by atoms with Crippen molar-refractivity contribution in [3.05, 3.63) is 68.8 Å². The number of nitrogens with zero attached hydrogens (tertiary/aromatic N) is 1. The fraction of sp³-hybridized carbons (Fsp3) is 0.200. The first-order chi connectivity index (χ1) is 12.0. The average Bonchev–Trinajstić information content (AvgIpc) is 2.60. The lowest BCUT2D eigenvalue weighted by Gasteiger charge is -2.20. The Morgan fingerprint density at radius 3 is 2.64 bits per heavy atom. The highest BCUT2D eigenvalue weighted by molar-refractivity contribution is 7.71. The molecule has 1 aliphatic rings. The van der Waals surface area contributed by atoms with Crippen LogP contribution in [0.4, 0.5) is 0 Å². The van der Waals surface area contributed by atoms with E-state index in [1.165, 1.54) is 5.56 Å². The van der Waals surface area contributed by atoms with Gasteiger partial charge < -0.3 is 9.72 Å². The summed E-state index contributed by atoms with van der Waals surface area (Å²) in [5, 5.41) is 0.690. The second kappa shape index (κ2) is 6.28. The molecule has 5 heteroatoms. The number of hydrogen-bond acceptors (Lipinski definition) is 3. The number of aromatic amines is 1. The lowest BCUT2D eigenvalue weighted by atomic mass is 10.0. The first-order valence-corrected chi connectivity index (χ1v) is 8.99. The third-order valence-electron chi connectivity index (χ3n) is 4.43. The second-order valence-electron chi connectivity index (χ2n) is 6.51. The quantitative estimate of drug-likeness (QED) is 0.423. The zero-order chi connectivity index (χ0) is 17.6. The van der Waals surface area contributed by atoms with Crippen LogP contribution in [0.25, 0.3) is 11.4 Å². The van der Waals surface area contributed by atoms with Crippen LogP contribution in [0.5, 0.6) is 11.6 Å². The van der Waals surface area contributed by atoms with Gasteiger partial charge in [0.15, 0.2) is 0 Å². The lowest BCUT2D eigenvalue weighted by Crippen LogP contribution is -2.08. The van der Waals surface area contributed by atoms with E-state index in [-0.39, 0.29) is 0 Å². The van der Waals surface area contributed by atoms with Gasteiger partial charge in [0.2, 0.25) is 5.88 Å². The van der Waals surface area contributed by atoms with Gasteiger partial charge in [0.05, 0.1) is 5.56 Å². The predicted molar refractivity (Wildman–Crippen MR) is 103 cm³/mol. The van der Waals surface area contributed by atoms with Crippen molar-refractivity contribution in [3.8, 4) is 23.0 Å². The van der Waals surface area contributed by atoms with Crippen LogP contribution in [0.3, 0.4) is 0 Å². The van der Waals surface area contributed by atoms with Gasteiger partial charge in [-0.15, -0.1) is 0 Å². The molecule has 0 saturated heterocycles. The van der Waals surface area contributed by atoms with Gasteiger partial charge in [-0.3, -0.25) is 0 Å². The first-order valence-electron chi connectivity index (χ1n) is 8.21. The minimum absolute atomic E-state index is 0.496. The molecule has 0 spiro atoms. The summed E-state index contributed by atoms with van der Waals surface area (Å²) in [6.07, 6.45) is 0.667. The number of aromatic nitrogens is 2. The van der Waals surface area contributed by atoms with Gasteiger partial charge in [-0.2, -0.15) is 0 Å². The minimum Gasteiger partial charge on any atom is -0.440 e. The van der Waals surface area contributed by atoms with Crippen molar-refractivity contribution in [2.45, 2.75) is 26.2 Å². The molecule has 4 rings (SSSR count). The Morgan fingerprint density at radius 2 is 1.92 bits per heavy atom. The van der Waals surface area contributed by atoms with E-state index in [4.69, 9.17) is 28.6 Å². The van der Waals surface area contributed by atoms with Crippen LogP contribution in [0.1, 0.15) is 36.5 Å². The fourth-order valence-electron chi connectivity index (χ4n) is 2.97. The summed E-state index contributed by atoms with van der Waals surface area (Å²) >= 11 is 11.6. The maximum atomic E-state index is 6.08. The van der Waals surface area contributed by atoms with Gasteiger partial charge in [0.1, 0.15) is 16.2 Å². The largest absolute Gasteiger partial charge is 0.440 e. The Bertz CT molecular complexity index is 1010. The van der Waals surface area contributed by atoms with Crippen molar-refractivity contribution in [1.82, 2.24) is 9.97 Å². The second-order valence-corrected chi connectivity index (χ2v) is 7.33. The van der Waals surface area contributed by atoms with Crippen LogP contribution in [0, 0.1) is 4.64 Å². The minimum atomic E-state index is 0.496. The summed E-state index contributed by atoms with van der Waals surface area (Å²) < 4.78 is 6.57. The molecule has 2 heterocycles. The molecule has 126 valence electrons. The molecule has 0 bridgehead atoms. The summed E-state index contributed by atoms with van der Waals surface area (Å²) in [6.45, 7) is 4.36. The van der Waals surface area contributed by atoms with E-state index in [2.05, 4.69) is 48.1 Å². The fourth-order valence-corrected chi connectivity index (χ4v) is 3.42. The van der Waals surface area contributed by atoms with Gasteiger partial charge in [0.25, 0.3) is 0 Å². The molecular weight excluding hydrogens is 352 g/mol. The molecule has 0 atom stereocenters. The molecule has 0 unspecified atom stereocenters. The Labute approximate surface area is 156 Å². The van der Waals surface area contributed by atoms with Crippen LogP contribution < -0.4 is 4.74 Å². The zero-order valence-corrected chi connectivity index (χ0v) is 15.5. The number of H-pyrrole nitrogens is 1. The van der Waals surface area contributed by atoms with E-state index >= 15 is 0 Å². The number of fused-ring (bicyclic) bond motifs is 2. The number of hydrogen-bond donors (Lipinski definition) is 1. The zero-order valence-electron chi connectivity index (χ0n) is 14.0. The van der Waals surface area contributed by atoms with Crippen molar-refractivity contribution < 1.29 is 4.74 Å². The molecular formula is C20H17ClN2OS. The highest BCUT2D eigenvalue weighted by atomic mass is 35.5. The maximum Gasteiger partial charge on any atom is 0.205 e. The molecule has 3 nitrogen and oxygen atoms in total. The molecule has 1 aliphatic heterocycles. The Balaban J connectivity index is 1.75. The summed E-state index contributed by atoms with van der Waals surface area (Å²) in [5.74, 6) is 2.68. The van der Waals surface area contributed by atoms with E-state index in [1.807, 2.05) is 18.2 Å². The molecule has 0 amide bonds. The average molecular weight is 369 g/mol. The van der Waals surface area contributed by atoms with Crippen LogP contribution in [-0.4, -0.2) is 9.97 Å². The number of ether oxygens (including phenoxy) is 1. The molecule has 1 aromatic heterocycles. The van der Waals surface area contributed by atoms with Gasteiger partial charge in [-0.05, 0) is 29.7 Å². The van der Waals surface area contributed by atoms with Crippen LogP contribution in [0.15, 0.2) is 42.5 Å². The Morgan fingerprint density at radius 1 is 1.16 bits per heavy atom. The summed E-state index contributed by atoms with van der Waals surface area (Å²) in [5.41, 5.74) is 4.20. The molecule has 0 saturated carbocycles. The van der Waals surface area contributed by atoms with Crippen LogP contribution in [-0.2, 0) is 6.42 Å². The number of benzene rings is 2. The third kappa shape index (κ3) is 3.08. The highest BCUT2D eigenvalue weighted by Gasteiger charge is 2.21. The molecule has 0 radical (unpaired) electrons. The summed E-state index contributed by atoms with van der Waals surface area (Å²) in [6, 6.07) is 14.0. The topological polar surface area (TPSA) is 37.9 Å². The molecule has 1 N–H and O–H groups in total. The van der Waals surface area contributed by atoms with Crippen molar-refractivity contribution >= 4 is 23.8 Å². The normalized spacial score (nSPS) is 12.5. The third-order valence-corrected chi connectivity index (χ3v) is 5.00. The molecule has 3 aromatic rings. The van der Waals surface area contributed by atoms with E-state index < -0.39 is 0 Å². The number of halogens is 1. The smallest absolute Gasteiger partial charge is 0.205 e. The standard InChI is InChI=1S/C20H17ClN2OS/c1-11(2)12-3-5-13(6-4-12)18-22-19-16(20(25)23-18)10-14-9-15(21)7-8-17(14)24-19/h3-9,11H,10H2,1-2H3,(H,22,23,25). The predicted octanol–water partition coefficient (Wildman–Crippen LogP) is 6.28. The van der Waals surface area contributed by atoms with Gasteiger partial charge in [-0.25, -0.2) is 4.98 Å². The maximum absolute atomic E-state index is 6.08. The highest BCUT2D eigenvalue weighted by Crippen LogP contribution is 2.37. The van der Waals surface area contributed by atoms with Gasteiger partial charge in [-0.1, -0.05) is 61.9 Å². The molecule has 2 aromatic carbocycles. The van der Waals surface area contributed by atoms with E-state index in [9.17, 15) is 0 Å². The number of nitrogens with one attached hydrogen (secondary N) is 1. The van der Waals surface area contributed by atoms with Crippen molar-refractivity contribution in [2.75, 3.05) is 0 Å². The monoisotopic (exact) mass is 368 g/mol. The molecule has 25 heavy (non-hydrogen) atoms. The van der Waals surface area contributed by atoms with Gasteiger partial charge in [0, 0.05) is 22.6 Å². The molecule has 0 fully saturated rings. The number of rotatable bonds is 2. The first kappa shape index (κ1) is 16.3. The van der Waals surface area contributed by atoms with Crippen molar-refractivity contribution in [2.24, 2.45) is 0 Å². The SMILES string of the molecule is CC(C)c1ccc(-c2nc(=S)c3c([nH]2)Oc2ccc(Cl)cc2C3)cc1. The van der Waals surface area contributed by atoms with Crippen LogP contribution in [0.2, 0.25) is 5.02 Å². The van der Waals surface area contributed by atoms with E-state index in [1.54, 1.807) is 0 Å². The Kier molecular flexibility index (Phi) is 4.10.